The number of aromatic nitrogens is 2. The van der Waals surface area contributed by atoms with Crippen LogP contribution in [-0.2, 0) is 4.74 Å². The van der Waals surface area contributed by atoms with Gasteiger partial charge in [0.2, 0.25) is 0 Å². The number of oxime groups is 1. The number of piperidine rings is 1. The number of aliphatic hydroxyl groups excluding tert-OH is 1. The van der Waals surface area contributed by atoms with Crippen LogP contribution in [-0.4, -0.2) is 58.8 Å². The maximum Gasteiger partial charge on any atom is 0.173 e. The van der Waals surface area contributed by atoms with E-state index in [0.29, 0.717) is 18.0 Å². The smallest absolute Gasteiger partial charge is 0.173 e. The van der Waals surface area contributed by atoms with E-state index in [1.807, 2.05) is 4.90 Å². The molecule has 2 heterocycles. The van der Waals surface area contributed by atoms with Crippen molar-refractivity contribution in [1.29, 1.82) is 0 Å². The normalized spacial score (nSPS) is 17.4. The summed E-state index contributed by atoms with van der Waals surface area (Å²) in [6.45, 7) is 1.91. The monoisotopic (exact) mass is 281 g/mol. The molecule has 0 saturated carbocycles. The van der Waals surface area contributed by atoms with Crippen LogP contribution in [0.2, 0.25) is 0 Å². The summed E-state index contributed by atoms with van der Waals surface area (Å²) in [5, 5.41) is 28.5. The standard InChI is InChI=1S/C12H19N5O3/c13-11(16-19)10-1-4-14-15-12(10)17-5-2-9(3-6-17)20-8-7-18/h1,4,9,18-19H,2-3,5-8H2,(H2,13,16). The molecule has 1 aliphatic rings. The van der Waals surface area contributed by atoms with Gasteiger partial charge < -0.3 is 25.7 Å². The molecule has 1 fully saturated rings. The Balaban J connectivity index is 2.04. The van der Waals surface area contributed by atoms with Gasteiger partial charge in [0.1, 0.15) is 0 Å². The number of rotatable bonds is 5. The molecule has 0 atom stereocenters. The summed E-state index contributed by atoms with van der Waals surface area (Å²) < 4.78 is 5.51. The van der Waals surface area contributed by atoms with E-state index in [1.54, 1.807) is 6.07 Å². The van der Waals surface area contributed by atoms with Gasteiger partial charge in [-0.2, -0.15) is 5.10 Å². The van der Waals surface area contributed by atoms with E-state index in [0.717, 1.165) is 25.9 Å². The summed E-state index contributed by atoms with van der Waals surface area (Å²) in [6.07, 6.45) is 3.34. The number of nitrogens with zero attached hydrogens (tertiary/aromatic N) is 4. The van der Waals surface area contributed by atoms with Gasteiger partial charge in [-0.3, -0.25) is 0 Å². The van der Waals surface area contributed by atoms with Gasteiger partial charge in [0, 0.05) is 13.1 Å². The van der Waals surface area contributed by atoms with Gasteiger partial charge in [-0.25, -0.2) is 0 Å². The third-order valence-corrected chi connectivity index (χ3v) is 3.27. The van der Waals surface area contributed by atoms with Crippen molar-refractivity contribution < 1.29 is 15.1 Å². The molecular weight excluding hydrogens is 262 g/mol. The molecule has 0 aliphatic carbocycles. The van der Waals surface area contributed by atoms with Gasteiger partial charge in [0.25, 0.3) is 0 Å². The Bertz CT molecular complexity index is 460. The average molecular weight is 281 g/mol. The van der Waals surface area contributed by atoms with E-state index in [1.165, 1.54) is 6.20 Å². The van der Waals surface area contributed by atoms with Gasteiger partial charge in [0.05, 0.1) is 31.1 Å². The first-order valence-electron chi connectivity index (χ1n) is 6.53. The first-order chi connectivity index (χ1) is 9.76. The van der Waals surface area contributed by atoms with Crippen LogP contribution >= 0.6 is 0 Å². The Labute approximate surface area is 116 Å². The summed E-state index contributed by atoms with van der Waals surface area (Å²) in [6, 6.07) is 1.67. The van der Waals surface area contributed by atoms with Crippen molar-refractivity contribution in [1.82, 2.24) is 10.2 Å². The lowest BCUT2D eigenvalue weighted by molar-refractivity contribution is 0.0158. The third-order valence-electron chi connectivity index (χ3n) is 3.27. The zero-order valence-electron chi connectivity index (χ0n) is 11.1. The number of hydrogen-bond donors (Lipinski definition) is 3. The number of anilines is 1. The SMILES string of the molecule is N/C(=N/O)c1ccnnc1N1CCC(OCCO)CC1. The van der Waals surface area contributed by atoms with Gasteiger partial charge >= 0.3 is 0 Å². The van der Waals surface area contributed by atoms with Crippen molar-refractivity contribution >= 4 is 11.7 Å². The predicted molar refractivity (Wildman–Crippen MR) is 72.8 cm³/mol. The minimum absolute atomic E-state index is 0.0218. The second-order valence-electron chi connectivity index (χ2n) is 4.53. The van der Waals surface area contributed by atoms with Gasteiger partial charge in [-0.1, -0.05) is 5.16 Å². The summed E-state index contributed by atoms with van der Waals surface area (Å²) in [5.74, 6) is 0.636. The maximum absolute atomic E-state index is 8.80. The molecule has 2 rings (SSSR count). The highest BCUT2D eigenvalue weighted by atomic mass is 16.5. The van der Waals surface area contributed by atoms with E-state index in [2.05, 4.69) is 15.4 Å². The Hall–Kier alpha value is -1.93. The first-order valence-corrected chi connectivity index (χ1v) is 6.53. The zero-order chi connectivity index (χ0) is 14.4. The molecule has 4 N–H and O–H groups in total. The van der Waals surface area contributed by atoms with E-state index in [9.17, 15) is 0 Å². The topological polar surface area (TPSA) is 117 Å². The molecule has 8 heteroatoms. The zero-order valence-corrected chi connectivity index (χ0v) is 11.1. The molecule has 0 unspecified atom stereocenters. The van der Waals surface area contributed by atoms with Crippen molar-refractivity contribution in [3.05, 3.63) is 17.8 Å². The quantitative estimate of drug-likeness (QED) is 0.289. The molecule has 20 heavy (non-hydrogen) atoms. The number of hydrogen-bond acceptors (Lipinski definition) is 7. The fourth-order valence-electron chi connectivity index (χ4n) is 2.27. The van der Waals surface area contributed by atoms with Crippen LogP contribution in [0.4, 0.5) is 5.82 Å². The van der Waals surface area contributed by atoms with Crippen LogP contribution in [0.5, 0.6) is 0 Å². The predicted octanol–water partition coefficient (Wildman–Crippen LogP) is -0.451. The van der Waals surface area contributed by atoms with Gasteiger partial charge in [-0.05, 0) is 18.9 Å². The van der Waals surface area contributed by atoms with Crippen molar-refractivity contribution in [3.63, 3.8) is 0 Å². The van der Waals surface area contributed by atoms with Gasteiger partial charge in [-0.15, -0.1) is 5.10 Å². The fourth-order valence-corrected chi connectivity index (χ4v) is 2.27. The van der Waals surface area contributed by atoms with Crippen molar-refractivity contribution in [2.45, 2.75) is 18.9 Å². The van der Waals surface area contributed by atoms with Gasteiger partial charge in [0.15, 0.2) is 11.7 Å². The highest BCUT2D eigenvalue weighted by Gasteiger charge is 2.23. The lowest BCUT2D eigenvalue weighted by atomic mass is 10.1. The second kappa shape index (κ2) is 7.01. The molecule has 110 valence electrons. The summed E-state index contributed by atoms with van der Waals surface area (Å²) in [4.78, 5) is 2.04. The van der Waals surface area contributed by atoms with Crippen LogP contribution in [0, 0.1) is 0 Å². The molecule has 1 aromatic rings. The summed E-state index contributed by atoms with van der Waals surface area (Å²) in [7, 11) is 0. The van der Waals surface area contributed by atoms with Crippen molar-refractivity contribution in [3.8, 4) is 0 Å². The molecular formula is C12H19N5O3. The Kier molecular flexibility index (Phi) is 5.08. The molecule has 1 saturated heterocycles. The molecule has 0 bridgehead atoms. The molecule has 0 amide bonds. The number of aliphatic hydroxyl groups is 1. The van der Waals surface area contributed by atoms with Crippen molar-refractivity contribution in [2.24, 2.45) is 10.9 Å². The lowest BCUT2D eigenvalue weighted by Gasteiger charge is -2.33. The lowest BCUT2D eigenvalue weighted by Crippen LogP contribution is -2.39. The second-order valence-corrected chi connectivity index (χ2v) is 4.53. The third kappa shape index (κ3) is 3.34. The number of ether oxygens (including phenoxy) is 1. The Morgan fingerprint density at radius 3 is 2.90 bits per heavy atom. The Morgan fingerprint density at radius 1 is 1.50 bits per heavy atom. The molecule has 1 aromatic heterocycles. The molecule has 1 aliphatic heterocycles. The average Bonchev–Trinajstić information content (AvgIpc) is 2.52. The molecule has 0 aromatic carbocycles. The van der Waals surface area contributed by atoms with E-state index >= 15 is 0 Å². The number of amidine groups is 1. The molecule has 8 nitrogen and oxygen atoms in total. The fraction of sp³-hybridized carbons (Fsp3) is 0.583. The summed E-state index contributed by atoms with van der Waals surface area (Å²) >= 11 is 0. The van der Waals surface area contributed by atoms with Crippen LogP contribution < -0.4 is 10.6 Å². The number of nitrogens with two attached hydrogens (primary N) is 1. The highest BCUT2D eigenvalue weighted by molar-refractivity contribution is 6.01. The summed E-state index contributed by atoms with van der Waals surface area (Å²) in [5.41, 5.74) is 6.21. The van der Waals surface area contributed by atoms with Crippen LogP contribution in [0.1, 0.15) is 18.4 Å². The van der Waals surface area contributed by atoms with E-state index < -0.39 is 0 Å². The van der Waals surface area contributed by atoms with Crippen LogP contribution in [0.25, 0.3) is 0 Å². The van der Waals surface area contributed by atoms with Crippen LogP contribution in [0.3, 0.4) is 0 Å². The van der Waals surface area contributed by atoms with E-state index in [-0.39, 0.29) is 18.5 Å². The maximum atomic E-state index is 8.80. The molecule has 0 spiro atoms. The Morgan fingerprint density at radius 2 is 2.25 bits per heavy atom. The minimum atomic E-state index is 0.0218. The molecule has 0 radical (unpaired) electrons. The minimum Gasteiger partial charge on any atom is -0.409 e. The van der Waals surface area contributed by atoms with Crippen LogP contribution in [0.15, 0.2) is 17.4 Å². The first kappa shape index (κ1) is 14.5. The van der Waals surface area contributed by atoms with Crippen molar-refractivity contribution in [2.75, 3.05) is 31.2 Å². The largest absolute Gasteiger partial charge is 0.409 e. The van der Waals surface area contributed by atoms with E-state index in [4.69, 9.17) is 20.8 Å². The highest BCUT2D eigenvalue weighted by Crippen LogP contribution is 2.22.